The van der Waals surface area contributed by atoms with Gasteiger partial charge in [-0.15, -0.1) is 0 Å². The van der Waals surface area contributed by atoms with Crippen LogP contribution >= 0.6 is 0 Å². The molecule has 0 bridgehead atoms. The SMILES string of the molecule is CC(C)(C)c1cccc(-c2cc(-c3ccc4c(c3)B3c5ccc(-c6ccc(-n7c8ccc(C(C)(C)C)cc8c8cc(C(C)(C)C)ccc87)nc6)cc5N(c5ccccc5-c5ccccc5)c5cc(-n6c7cc(C(C)(C)C)ccc7c7ccc(C(C)(C)C)cc76)cc(c53)N4c3ccccc3-c3ccccc3)nc(-n3c4ccc(C(C)(C)C)cc4c4cc(C(C)(C)C)ccc43)c2)c1. The molecule has 19 aromatic rings. The lowest BCUT2D eigenvalue weighted by atomic mass is 9.33. The van der Waals surface area contributed by atoms with Crippen LogP contribution in [0.4, 0.5) is 34.1 Å². The third kappa shape index (κ3) is 14.2. The van der Waals surface area contributed by atoms with E-state index in [-0.39, 0.29) is 44.6 Å². The van der Waals surface area contributed by atoms with Crippen molar-refractivity contribution in [3.63, 3.8) is 0 Å². The summed E-state index contributed by atoms with van der Waals surface area (Å²) >= 11 is 0. The fourth-order valence-corrected chi connectivity index (χ4v) is 20.5. The van der Waals surface area contributed by atoms with E-state index in [4.69, 9.17) is 9.97 Å². The third-order valence-electron chi connectivity index (χ3n) is 28.0. The van der Waals surface area contributed by atoms with Gasteiger partial charge in [-0.2, -0.15) is 0 Å². The predicted molar refractivity (Wildman–Crippen MR) is 557 cm³/mol. The van der Waals surface area contributed by atoms with Gasteiger partial charge in [0.15, 0.2) is 0 Å². The minimum absolute atomic E-state index is 0.0393. The molecular formula is C122H116BN7. The first-order valence-corrected chi connectivity index (χ1v) is 46.6. The summed E-state index contributed by atoms with van der Waals surface area (Å²) in [6, 6.07) is 121. The second-order valence-electron chi connectivity index (χ2n) is 44.0. The van der Waals surface area contributed by atoms with Crippen LogP contribution in [0, 0.1) is 0 Å². The van der Waals surface area contributed by atoms with E-state index in [0.29, 0.717) is 0 Å². The number of para-hydroxylation sites is 2. The molecule has 0 saturated carbocycles. The van der Waals surface area contributed by atoms with Crippen molar-refractivity contribution in [2.45, 2.75) is 183 Å². The quantitative estimate of drug-likeness (QED) is 0.128. The van der Waals surface area contributed by atoms with Gasteiger partial charge in [0.1, 0.15) is 11.6 Å². The van der Waals surface area contributed by atoms with E-state index in [2.05, 4.69) is 491 Å². The molecule has 0 radical (unpaired) electrons. The highest BCUT2D eigenvalue weighted by Gasteiger charge is 2.46. The molecule has 14 aromatic carbocycles. The molecule has 0 amide bonds. The topological polar surface area (TPSA) is 47.1 Å². The zero-order chi connectivity index (χ0) is 90.5. The van der Waals surface area contributed by atoms with Gasteiger partial charge in [0.2, 0.25) is 0 Å². The largest absolute Gasteiger partial charge is 0.311 e. The fourth-order valence-electron chi connectivity index (χ4n) is 20.5. The molecule has 5 aromatic heterocycles. The average Bonchev–Trinajstić information content (AvgIpc) is 0.831. The van der Waals surface area contributed by atoms with Gasteiger partial charge in [0, 0.05) is 78.0 Å². The number of hydrogen-bond acceptors (Lipinski definition) is 4. The van der Waals surface area contributed by atoms with Crippen LogP contribution in [0.3, 0.4) is 0 Å². The van der Waals surface area contributed by atoms with Crippen molar-refractivity contribution in [3.05, 3.63) is 361 Å². The Bertz CT molecular complexity index is 7600. The Morgan fingerprint density at radius 1 is 0.223 bits per heavy atom. The monoisotopic (exact) mass is 1690 g/mol. The van der Waals surface area contributed by atoms with Crippen molar-refractivity contribution in [2.24, 2.45) is 0 Å². The molecule has 0 saturated heterocycles. The second kappa shape index (κ2) is 30.0. The molecule has 7 heterocycles. The van der Waals surface area contributed by atoms with Crippen LogP contribution in [-0.2, 0) is 37.9 Å². The zero-order valence-electron chi connectivity index (χ0n) is 79.3. The molecule has 8 heteroatoms. The minimum Gasteiger partial charge on any atom is -0.311 e. The van der Waals surface area contributed by atoms with Crippen LogP contribution in [0.5, 0.6) is 0 Å². The highest BCUT2D eigenvalue weighted by molar-refractivity contribution is 7.00. The summed E-state index contributed by atoms with van der Waals surface area (Å²) < 4.78 is 7.44. The van der Waals surface area contributed by atoms with Crippen molar-refractivity contribution in [1.29, 1.82) is 0 Å². The van der Waals surface area contributed by atoms with Gasteiger partial charge < -0.3 is 14.4 Å². The maximum absolute atomic E-state index is 6.11. The number of hydrogen-bond donors (Lipinski definition) is 0. The van der Waals surface area contributed by atoms with Gasteiger partial charge in [-0.05, 0) is 248 Å². The average molecular weight is 1690 g/mol. The van der Waals surface area contributed by atoms with Gasteiger partial charge in [-0.1, -0.05) is 340 Å². The molecule has 21 rings (SSSR count). The highest BCUT2D eigenvalue weighted by Crippen LogP contribution is 2.53. The van der Waals surface area contributed by atoms with E-state index in [0.717, 1.165) is 140 Å². The number of pyridine rings is 2. The van der Waals surface area contributed by atoms with Crippen molar-refractivity contribution >= 4 is 123 Å². The first-order valence-electron chi connectivity index (χ1n) is 46.6. The van der Waals surface area contributed by atoms with E-state index in [9.17, 15) is 0 Å². The standard InChI is InChI=1S/C122H116BN7/c1-116(2,3)82-38-32-37-77(61-82)81-63-100(125-114(65-81)130-105-58-50-85(119(10,11)12)68-96(105)97-69-86(120(13,14)15)51-59-106(97)130)79-44-55-107-99(62-79)123-98-54-43-78(80-45-60-113(124-74-80)129-103-56-48-83(117(4,5)6)66-94(103)95-67-84(118(7,8)9)49-57-104(95)129)64-110(98)128(102-42-31-29-40-91(102)76-35-26-23-27-36-76)112-73-89(72-111(115(112)123)127(107)101-41-30-28-39-90(101)75-33-24-22-25-34-75)126-108-70-87(121(16,17)18)46-52-92(108)93-53-47-88(71-109(93)126)122(19,20)21/h22-74H,1-21H3. The van der Waals surface area contributed by atoms with E-state index < -0.39 is 0 Å². The Labute approximate surface area is 767 Å². The first-order chi connectivity index (χ1) is 61.9. The van der Waals surface area contributed by atoms with Crippen LogP contribution < -0.4 is 26.2 Å². The third-order valence-corrected chi connectivity index (χ3v) is 28.0. The summed E-state index contributed by atoms with van der Waals surface area (Å²) in [7, 11) is 0. The second-order valence-corrected chi connectivity index (χ2v) is 44.0. The summed E-state index contributed by atoms with van der Waals surface area (Å²) in [5, 5.41) is 7.34. The van der Waals surface area contributed by atoms with Gasteiger partial charge in [0.05, 0.1) is 55.9 Å². The van der Waals surface area contributed by atoms with Gasteiger partial charge in [-0.3, -0.25) is 9.13 Å². The zero-order valence-corrected chi connectivity index (χ0v) is 79.3. The van der Waals surface area contributed by atoms with E-state index in [1.807, 2.05) is 0 Å². The molecule has 0 atom stereocenters. The van der Waals surface area contributed by atoms with E-state index in [1.165, 1.54) is 87.6 Å². The normalized spacial score (nSPS) is 13.4. The van der Waals surface area contributed by atoms with E-state index in [1.54, 1.807) is 0 Å². The summed E-state index contributed by atoms with van der Waals surface area (Å²) in [4.78, 5) is 17.0. The molecule has 642 valence electrons. The number of rotatable bonds is 10. The molecule has 0 fully saturated rings. The molecule has 0 aliphatic carbocycles. The van der Waals surface area contributed by atoms with Crippen LogP contribution in [0.25, 0.3) is 139 Å². The van der Waals surface area contributed by atoms with Crippen LogP contribution in [0.2, 0.25) is 0 Å². The van der Waals surface area contributed by atoms with Crippen molar-refractivity contribution in [3.8, 4) is 73.1 Å². The minimum atomic E-state index is -0.345. The molecule has 2 aliphatic rings. The van der Waals surface area contributed by atoms with Crippen LogP contribution in [0.1, 0.15) is 184 Å². The van der Waals surface area contributed by atoms with Crippen molar-refractivity contribution in [2.75, 3.05) is 9.80 Å². The molecule has 0 N–H and O–H groups in total. The van der Waals surface area contributed by atoms with Gasteiger partial charge in [-0.25, -0.2) is 9.97 Å². The van der Waals surface area contributed by atoms with E-state index >= 15 is 0 Å². The maximum Gasteiger partial charge on any atom is 0.252 e. The number of aromatic nitrogens is 5. The lowest BCUT2D eigenvalue weighted by Gasteiger charge is -2.45. The van der Waals surface area contributed by atoms with Gasteiger partial charge in [0.25, 0.3) is 6.71 Å². The molecule has 2 aliphatic heterocycles. The van der Waals surface area contributed by atoms with Crippen molar-refractivity contribution < 1.29 is 0 Å². The predicted octanol–water partition coefficient (Wildman–Crippen LogP) is 31.3. The molecule has 130 heavy (non-hydrogen) atoms. The fraction of sp³-hybridized carbons (Fsp3) is 0.230. The Hall–Kier alpha value is -13.6. The lowest BCUT2D eigenvalue weighted by Crippen LogP contribution is -2.61. The first kappa shape index (κ1) is 83.4. The summed E-state index contributed by atoms with van der Waals surface area (Å²) in [6.07, 6.45) is 2.11. The summed E-state index contributed by atoms with van der Waals surface area (Å²) in [5.41, 5.74) is 37.0. The molecule has 0 unspecified atom stereocenters. The smallest absolute Gasteiger partial charge is 0.252 e. The Morgan fingerprint density at radius 2 is 0.623 bits per heavy atom. The summed E-state index contributed by atoms with van der Waals surface area (Å²) in [6.45, 7) is 48.4. The lowest BCUT2D eigenvalue weighted by molar-refractivity contribution is 0.590. The number of anilines is 6. The molecular weight excluding hydrogens is 1570 g/mol. The number of benzene rings is 14. The summed E-state index contributed by atoms with van der Waals surface area (Å²) in [5.74, 6) is 1.73. The van der Waals surface area contributed by atoms with Gasteiger partial charge >= 0.3 is 0 Å². The van der Waals surface area contributed by atoms with Crippen molar-refractivity contribution in [1.82, 2.24) is 23.7 Å². The van der Waals surface area contributed by atoms with Crippen LogP contribution in [-0.4, -0.2) is 30.4 Å². The van der Waals surface area contributed by atoms with Crippen LogP contribution in [0.15, 0.2) is 322 Å². The number of nitrogens with zero attached hydrogens (tertiary/aromatic N) is 7. The molecule has 0 spiro atoms. The Kier molecular flexibility index (Phi) is 19.2. The Balaban J connectivity index is 0.868. The highest BCUT2D eigenvalue weighted by atomic mass is 15.2. The maximum atomic E-state index is 6.11. The Morgan fingerprint density at radius 3 is 1.08 bits per heavy atom. The number of fused-ring (bicyclic) bond motifs is 13. The molecule has 7 nitrogen and oxygen atoms in total.